The molecular formula is C20H24BrClFNO3. The average Bonchev–Trinajstić information content (AvgIpc) is 2.64. The van der Waals surface area contributed by atoms with Crippen molar-refractivity contribution in [2.24, 2.45) is 0 Å². The summed E-state index contributed by atoms with van der Waals surface area (Å²) in [4.78, 5) is 0. The first-order valence-corrected chi connectivity index (χ1v) is 10.0. The number of rotatable bonds is 10. The largest absolute Gasteiger partial charge is 0.490 e. The summed E-state index contributed by atoms with van der Waals surface area (Å²) in [6.07, 6.45) is 0.834. The van der Waals surface area contributed by atoms with Gasteiger partial charge in [-0.05, 0) is 59.1 Å². The van der Waals surface area contributed by atoms with E-state index in [1.165, 1.54) is 6.07 Å². The van der Waals surface area contributed by atoms with Crippen LogP contribution in [0, 0.1) is 5.82 Å². The Morgan fingerprint density at radius 2 is 2.04 bits per heavy atom. The number of halogens is 3. The van der Waals surface area contributed by atoms with Gasteiger partial charge in [0, 0.05) is 18.2 Å². The predicted molar refractivity (Wildman–Crippen MR) is 109 cm³/mol. The van der Waals surface area contributed by atoms with Crippen molar-refractivity contribution in [1.29, 1.82) is 0 Å². The fourth-order valence-corrected chi connectivity index (χ4v) is 3.36. The van der Waals surface area contributed by atoms with Crippen LogP contribution in [0.25, 0.3) is 0 Å². The van der Waals surface area contributed by atoms with E-state index < -0.39 is 5.82 Å². The van der Waals surface area contributed by atoms with Crippen LogP contribution in [-0.2, 0) is 13.2 Å². The highest BCUT2D eigenvalue weighted by molar-refractivity contribution is 9.10. The van der Waals surface area contributed by atoms with E-state index in [9.17, 15) is 9.50 Å². The van der Waals surface area contributed by atoms with E-state index in [0.717, 1.165) is 12.0 Å². The first kappa shape index (κ1) is 22.0. The Labute approximate surface area is 172 Å². The molecule has 7 heteroatoms. The Balaban J connectivity index is 2.20. The number of aliphatic hydroxyl groups is 1. The minimum Gasteiger partial charge on any atom is -0.490 e. The smallest absolute Gasteiger partial charge is 0.175 e. The van der Waals surface area contributed by atoms with Gasteiger partial charge in [0.1, 0.15) is 12.4 Å². The van der Waals surface area contributed by atoms with Gasteiger partial charge in [-0.2, -0.15) is 0 Å². The molecule has 0 spiro atoms. The summed E-state index contributed by atoms with van der Waals surface area (Å²) in [6, 6.07) is 8.37. The number of nitrogens with one attached hydrogen (secondary N) is 1. The van der Waals surface area contributed by atoms with Crippen molar-refractivity contribution in [3.63, 3.8) is 0 Å². The molecule has 0 fully saturated rings. The van der Waals surface area contributed by atoms with Crippen molar-refractivity contribution in [2.75, 3.05) is 13.2 Å². The summed E-state index contributed by atoms with van der Waals surface area (Å²) in [5.74, 6) is 0.648. The topological polar surface area (TPSA) is 50.7 Å². The highest BCUT2D eigenvalue weighted by Crippen LogP contribution is 2.38. The van der Waals surface area contributed by atoms with Crippen LogP contribution < -0.4 is 14.8 Å². The molecule has 0 saturated carbocycles. The zero-order valence-electron chi connectivity index (χ0n) is 15.4. The molecular weight excluding hydrogens is 437 g/mol. The van der Waals surface area contributed by atoms with E-state index in [4.69, 9.17) is 21.1 Å². The van der Waals surface area contributed by atoms with Gasteiger partial charge in [-0.25, -0.2) is 4.39 Å². The van der Waals surface area contributed by atoms with Crippen LogP contribution in [0.2, 0.25) is 5.02 Å². The van der Waals surface area contributed by atoms with Crippen molar-refractivity contribution in [1.82, 2.24) is 5.32 Å². The fraction of sp³-hybridized carbons (Fsp3) is 0.400. The lowest BCUT2D eigenvalue weighted by Gasteiger charge is -2.18. The van der Waals surface area contributed by atoms with Crippen LogP contribution in [0.1, 0.15) is 31.4 Å². The molecule has 0 bridgehead atoms. The standard InChI is InChI=1S/C20H24BrClFNO3/c1-3-14(11-25)24-10-13-8-16(21)20(19(9-13)26-4-2)27-12-15-17(22)6-5-7-18(15)23/h5-9,14,24-25H,3-4,10-12H2,1-2H3. The van der Waals surface area contributed by atoms with Crippen LogP contribution >= 0.6 is 27.5 Å². The van der Waals surface area contributed by atoms with Gasteiger partial charge in [0.15, 0.2) is 11.5 Å². The third kappa shape index (κ3) is 6.07. The molecule has 27 heavy (non-hydrogen) atoms. The normalized spacial score (nSPS) is 12.1. The Hall–Kier alpha value is -1.34. The summed E-state index contributed by atoms with van der Waals surface area (Å²) in [7, 11) is 0. The van der Waals surface area contributed by atoms with Crippen LogP contribution in [0.5, 0.6) is 11.5 Å². The van der Waals surface area contributed by atoms with E-state index >= 15 is 0 Å². The lowest BCUT2D eigenvalue weighted by Crippen LogP contribution is -2.31. The fourth-order valence-electron chi connectivity index (χ4n) is 2.54. The summed E-state index contributed by atoms with van der Waals surface area (Å²) in [5, 5.41) is 12.9. The second-order valence-electron chi connectivity index (χ2n) is 6.00. The van der Waals surface area contributed by atoms with E-state index in [1.807, 2.05) is 26.0 Å². The molecule has 0 heterocycles. The van der Waals surface area contributed by atoms with Crippen molar-refractivity contribution in [3.8, 4) is 11.5 Å². The average molecular weight is 461 g/mol. The van der Waals surface area contributed by atoms with Gasteiger partial charge in [0.2, 0.25) is 0 Å². The molecule has 0 aliphatic carbocycles. The van der Waals surface area contributed by atoms with E-state index in [2.05, 4.69) is 21.2 Å². The van der Waals surface area contributed by atoms with Crippen molar-refractivity contribution >= 4 is 27.5 Å². The van der Waals surface area contributed by atoms with Crippen molar-refractivity contribution < 1.29 is 19.0 Å². The van der Waals surface area contributed by atoms with Gasteiger partial charge in [-0.15, -0.1) is 0 Å². The molecule has 0 aromatic heterocycles. The molecule has 1 unspecified atom stereocenters. The maximum atomic E-state index is 14.0. The third-order valence-electron chi connectivity index (χ3n) is 4.10. The second kappa shape index (κ2) is 10.9. The molecule has 0 amide bonds. The number of benzene rings is 2. The molecule has 4 nitrogen and oxygen atoms in total. The molecule has 2 aromatic carbocycles. The molecule has 0 radical (unpaired) electrons. The van der Waals surface area contributed by atoms with Crippen LogP contribution in [0.3, 0.4) is 0 Å². The molecule has 2 aromatic rings. The molecule has 1 atom stereocenters. The van der Waals surface area contributed by atoms with Crippen molar-refractivity contribution in [2.45, 2.75) is 39.5 Å². The third-order valence-corrected chi connectivity index (χ3v) is 5.04. The number of ether oxygens (including phenoxy) is 2. The van der Waals surface area contributed by atoms with Gasteiger partial charge in [0.25, 0.3) is 0 Å². The summed E-state index contributed by atoms with van der Waals surface area (Å²) >= 11 is 9.58. The summed E-state index contributed by atoms with van der Waals surface area (Å²) < 4.78 is 26.2. The number of hydrogen-bond acceptors (Lipinski definition) is 4. The van der Waals surface area contributed by atoms with E-state index in [-0.39, 0.29) is 19.3 Å². The first-order chi connectivity index (χ1) is 13.0. The Morgan fingerprint density at radius 1 is 1.26 bits per heavy atom. The quantitative estimate of drug-likeness (QED) is 0.519. The van der Waals surface area contributed by atoms with Crippen molar-refractivity contribution in [3.05, 3.63) is 56.8 Å². The summed E-state index contributed by atoms with van der Waals surface area (Å²) in [5.41, 5.74) is 1.28. The lowest BCUT2D eigenvalue weighted by molar-refractivity contribution is 0.238. The van der Waals surface area contributed by atoms with Gasteiger partial charge < -0.3 is 19.9 Å². The highest BCUT2D eigenvalue weighted by Gasteiger charge is 2.15. The summed E-state index contributed by atoms with van der Waals surface area (Å²) in [6.45, 7) is 5.02. The first-order valence-electron chi connectivity index (χ1n) is 8.85. The SMILES string of the molecule is CCOc1cc(CNC(CC)CO)cc(Br)c1OCc1c(F)cccc1Cl. The zero-order valence-corrected chi connectivity index (χ0v) is 17.7. The molecule has 2 rings (SSSR count). The molecule has 2 N–H and O–H groups in total. The van der Waals surface area contributed by atoms with Crippen LogP contribution in [0.15, 0.2) is 34.8 Å². The molecule has 0 aliphatic rings. The van der Waals surface area contributed by atoms with Gasteiger partial charge in [-0.1, -0.05) is 24.6 Å². The minimum atomic E-state index is -0.410. The van der Waals surface area contributed by atoms with Gasteiger partial charge >= 0.3 is 0 Å². The highest BCUT2D eigenvalue weighted by atomic mass is 79.9. The lowest BCUT2D eigenvalue weighted by atomic mass is 10.1. The van der Waals surface area contributed by atoms with E-state index in [1.54, 1.807) is 12.1 Å². The second-order valence-corrected chi connectivity index (χ2v) is 7.26. The van der Waals surface area contributed by atoms with Gasteiger partial charge in [0.05, 0.1) is 22.7 Å². The Kier molecular flexibility index (Phi) is 8.83. The number of hydrogen-bond donors (Lipinski definition) is 2. The maximum absolute atomic E-state index is 14.0. The minimum absolute atomic E-state index is 0.00972. The molecule has 0 aliphatic heterocycles. The zero-order chi connectivity index (χ0) is 19.8. The van der Waals surface area contributed by atoms with Crippen LogP contribution in [-0.4, -0.2) is 24.4 Å². The number of aliphatic hydroxyl groups excluding tert-OH is 1. The maximum Gasteiger partial charge on any atom is 0.175 e. The predicted octanol–water partition coefficient (Wildman–Crippen LogP) is 5.08. The Bertz CT molecular complexity index is 736. The molecule has 148 valence electrons. The van der Waals surface area contributed by atoms with Crippen LogP contribution in [0.4, 0.5) is 4.39 Å². The van der Waals surface area contributed by atoms with Gasteiger partial charge in [-0.3, -0.25) is 0 Å². The monoisotopic (exact) mass is 459 g/mol. The molecule has 0 saturated heterocycles. The Morgan fingerprint density at radius 3 is 2.67 bits per heavy atom. The van der Waals surface area contributed by atoms with E-state index in [0.29, 0.717) is 39.7 Å².